The van der Waals surface area contributed by atoms with Crippen molar-refractivity contribution in [3.05, 3.63) is 59.2 Å². The molecule has 2 aromatic carbocycles. The van der Waals surface area contributed by atoms with Crippen molar-refractivity contribution >= 4 is 38.5 Å². The Bertz CT molecular complexity index is 1250. The number of nitrogens with zero attached hydrogens (tertiary/aromatic N) is 4. The summed E-state index contributed by atoms with van der Waals surface area (Å²) in [5.74, 6) is 0.447. The summed E-state index contributed by atoms with van der Waals surface area (Å²) in [7, 11) is 1.63. The van der Waals surface area contributed by atoms with E-state index in [9.17, 15) is 4.79 Å². The third-order valence-electron chi connectivity index (χ3n) is 4.47. The molecule has 0 N–H and O–H groups in total. The van der Waals surface area contributed by atoms with Crippen LogP contribution in [0.1, 0.15) is 17.3 Å². The first-order valence-corrected chi connectivity index (χ1v) is 10.1. The van der Waals surface area contributed by atoms with Gasteiger partial charge in [0.05, 0.1) is 35.0 Å². The number of hydrogen-bond acceptors (Lipinski definition) is 6. The molecule has 7 nitrogen and oxygen atoms in total. The van der Waals surface area contributed by atoms with Crippen LogP contribution in [0, 0.1) is 0 Å². The second-order valence-corrected chi connectivity index (χ2v) is 7.25. The van der Waals surface area contributed by atoms with Gasteiger partial charge in [-0.05, 0) is 43.3 Å². The lowest BCUT2D eigenvalue weighted by Crippen LogP contribution is -2.19. The van der Waals surface area contributed by atoms with Crippen molar-refractivity contribution in [2.45, 2.75) is 13.5 Å². The molecule has 2 heterocycles. The van der Waals surface area contributed by atoms with E-state index in [-0.39, 0.29) is 5.91 Å². The Morgan fingerprint density at radius 1 is 1.14 bits per heavy atom. The molecule has 0 bridgehead atoms. The zero-order valence-corrected chi connectivity index (χ0v) is 17.0. The average Bonchev–Trinajstić information content (AvgIpc) is 3.09. The van der Waals surface area contributed by atoms with Gasteiger partial charge in [-0.1, -0.05) is 11.3 Å². The highest BCUT2D eigenvalue weighted by atomic mass is 32.1. The van der Waals surface area contributed by atoms with Gasteiger partial charge in [-0.25, -0.2) is 0 Å². The Kier molecular flexibility index (Phi) is 5.64. The number of thiazole rings is 1. The van der Waals surface area contributed by atoms with Crippen LogP contribution in [0.5, 0.6) is 5.75 Å². The van der Waals surface area contributed by atoms with Gasteiger partial charge in [-0.3, -0.25) is 14.8 Å². The number of ether oxygens (including phenoxy) is 2. The van der Waals surface area contributed by atoms with E-state index in [0.29, 0.717) is 35.6 Å². The fourth-order valence-electron chi connectivity index (χ4n) is 3.03. The predicted molar refractivity (Wildman–Crippen MR) is 112 cm³/mol. The Hall–Kier alpha value is -3.10. The van der Waals surface area contributed by atoms with Crippen LogP contribution in [0.3, 0.4) is 0 Å². The molecular formula is C21H20N4O3S. The first-order valence-electron chi connectivity index (χ1n) is 9.24. The van der Waals surface area contributed by atoms with Crippen molar-refractivity contribution < 1.29 is 14.3 Å². The molecule has 0 saturated heterocycles. The molecule has 0 aliphatic heterocycles. The molecule has 0 fully saturated rings. The van der Waals surface area contributed by atoms with Gasteiger partial charge in [-0.2, -0.15) is 4.99 Å². The van der Waals surface area contributed by atoms with E-state index in [2.05, 4.69) is 15.0 Å². The maximum absolute atomic E-state index is 12.9. The van der Waals surface area contributed by atoms with Crippen LogP contribution in [-0.4, -0.2) is 40.8 Å². The zero-order valence-electron chi connectivity index (χ0n) is 16.2. The summed E-state index contributed by atoms with van der Waals surface area (Å²) in [5.41, 5.74) is 2.87. The fourth-order valence-corrected chi connectivity index (χ4v) is 4.11. The van der Waals surface area contributed by atoms with Crippen molar-refractivity contribution in [2.24, 2.45) is 4.99 Å². The molecule has 0 saturated carbocycles. The maximum Gasteiger partial charge on any atom is 0.279 e. The number of carbonyl (C=O) groups excluding carboxylic acids is 1. The molecule has 4 aromatic rings. The van der Waals surface area contributed by atoms with Crippen molar-refractivity contribution in [3.63, 3.8) is 0 Å². The van der Waals surface area contributed by atoms with Crippen molar-refractivity contribution in [1.82, 2.24) is 14.5 Å². The van der Waals surface area contributed by atoms with E-state index < -0.39 is 0 Å². The number of benzene rings is 2. The third-order valence-corrected chi connectivity index (χ3v) is 5.51. The predicted octanol–water partition coefficient (Wildman–Crippen LogP) is 3.43. The molecular weight excluding hydrogens is 388 g/mol. The van der Waals surface area contributed by atoms with E-state index in [4.69, 9.17) is 9.47 Å². The van der Waals surface area contributed by atoms with Crippen LogP contribution in [0.25, 0.3) is 21.3 Å². The van der Waals surface area contributed by atoms with Gasteiger partial charge in [0.1, 0.15) is 5.75 Å². The normalized spacial score (nSPS) is 12.0. The van der Waals surface area contributed by atoms with Gasteiger partial charge in [-0.15, -0.1) is 0 Å². The van der Waals surface area contributed by atoms with Gasteiger partial charge in [0.25, 0.3) is 5.91 Å². The molecule has 4 rings (SSSR count). The number of rotatable bonds is 6. The summed E-state index contributed by atoms with van der Waals surface area (Å²) in [6.45, 7) is 3.75. The first kappa shape index (κ1) is 19.2. The lowest BCUT2D eigenvalue weighted by Gasteiger charge is -2.06. The van der Waals surface area contributed by atoms with E-state index >= 15 is 0 Å². The molecule has 0 spiro atoms. The fraction of sp³-hybridized carbons (Fsp3) is 0.238. The summed E-state index contributed by atoms with van der Waals surface area (Å²) in [6, 6.07) is 11.1. The van der Waals surface area contributed by atoms with E-state index in [1.807, 2.05) is 29.7 Å². The molecule has 0 unspecified atom stereocenters. The highest BCUT2D eigenvalue weighted by molar-refractivity contribution is 7.16. The smallest absolute Gasteiger partial charge is 0.279 e. The highest BCUT2D eigenvalue weighted by Gasteiger charge is 2.11. The molecule has 1 amide bonds. The van der Waals surface area contributed by atoms with Crippen molar-refractivity contribution in [3.8, 4) is 5.75 Å². The molecule has 0 radical (unpaired) electrons. The number of fused-ring (bicyclic) bond motifs is 2. The summed E-state index contributed by atoms with van der Waals surface area (Å²) in [5, 5.41) is 0. The second kappa shape index (κ2) is 8.50. The van der Waals surface area contributed by atoms with Crippen molar-refractivity contribution in [2.75, 3.05) is 20.3 Å². The molecule has 8 heteroatoms. The highest BCUT2D eigenvalue weighted by Crippen LogP contribution is 2.23. The SMILES string of the molecule is CCOCCn1c(=NC(=O)c2ccc3nccnc3c2)sc2cc(OC)ccc21. The third kappa shape index (κ3) is 4.03. The van der Waals surface area contributed by atoms with Gasteiger partial charge < -0.3 is 14.0 Å². The van der Waals surface area contributed by atoms with Crippen LogP contribution < -0.4 is 9.54 Å². The van der Waals surface area contributed by atoms with Crippen LogP contribution in [-0.2, 0) is 11.3 Å². The van der Waals surface area contributed by atoms with E-state index in [0.717, 1.165) is 21.5 Å². The minimum atomic E-state index is -0.318. The van der Waals surface area contributed by atoms with E-state index in [1.54, 1.807) is 37.7 Å². The minimum Gasteiger partial charge on any atom is -0.497 e. The van der Waals surface area contributed by atoms with Gasteiger partial charge >= 0.3 is 0 Å². The number of carbonyl (C=O) groups is 1. The molecule has 2 aromatic heterocycles. The Labute approximate surface area is 171 Å². The lowest BCUT2D eigenvalue weighted by atomic mass is 10.2. The molecule has 29 heavy (non-hydrogen) atoms. The summed E-state index contributed by atoms with van der Waals surface area (Å²) >= 11 is 1.45. The molecule has 0 atom stereocenters. The Morgan fingerprint density at radius 2 is 1.97 bits per heavy atom. The maximum atomic E-state index is 12.9. The second-order valence-electron chi connectivity index (χ2n) is 6.24. The summed E-state index contributed by atoms with van der Waals surface area (Å²) < 4.78 is 13.8. The summed E-state index contributed by atoms with van der Waals surface area (Å²) in [4.78, 5) is 26.4. The number of amides is 1. The first-order chi connectivity index (χ1) is 14.2. The van der Waals surface area contributed by atoms with Crippen LogP contribution in [0.2, 0.25) is 0 Å². The standard InChI is InChI=1S/C21H20N4O3S/c1-3-28-11-10-25-18-7-5-15(27-2)13-19(18)29-21(25)24-20(26)14-4-6-16-17(12-14)23-9-8-22-16/h4-9,12-13H,3,10-11H2,1-2H3. The minimum absolute atomic E-state index is 0.318. The molecule has 148 valence electrons. The van der Waals surface area contributed by atoms with Gasteiger partial charge in [0, 0.05) is 31.1 Å². The monoisotopic (exact) mass is 408 g/mol. The van der Waals surface area contributed by atoms with Crippen LogP contribution in [0.4, 0.5) is 0 Å². The Morgan fingerprint density at radius 3 is 2.76 bits per heavy atom. The summed E-state index contributed by atoms with van der Waals surface area (Å²) in [6.07, 6.45) is 3.23. The zero-order chi connectivity index (χ0) is 20.2. The number of methoxy groups -OCH3 is 1. The van der Waals surface area contributed by atoms with E-state index in [1.165, 1.54) is 11.3 Å². The largest absolute Gasteiger partial charge is 0.497 e. The average molecular weight is 408 g/mol. The molecule has 0 aliphatic rings. The number of hydrogen-bond donors (Lipinski definition) is 0. The van der Waals surface area contributed by atoms with Gasteiger partial charge in [0.2, 0.25) is 0 Å². The lowest BCUT2D eigenvalue weighted by molar-refractivity contribution is 0.0996. The molecule has 0 aliphatic carbocycles. The quantitative estimate of drug-likeness (QED) is 0.457. The van der Waals surface area contributed by atoms with Crippen LogP contribution in [0.15, 0.2) is 53.8 Å². The Balaban J connectivity index is 1.77. The number of aromatic nitrogens is 3. The van der Waals surface area contributed by atoms with Gasteiger partial charge in [0.15, 0.2) is 4.80 Å². The van der Waals surface area contributed by atoms with Crippen LogP contribution >= 0.6 is 11.3 Å². The van der Waals surface area contributed by atoms with Crippen molar-refractivity contribution in [1.29, 1.82) is 0 Å². The topological polar surface area (TPSA) is 78.6 Å².